The van der Waals surface area contributed by atoms with Gasteiger partial charge in [0, 0.05) is 54.2 Å². The van der Waals surface area contributed by atoms with Gasteiger partial charge in [-0.2, -0.15) is 0 Å². The summed E-state index contributed by atoms with van der Waals surface area (Å²) in [6.07, 6.45) is 15.1. The van der Waals surface area contributed by atoms with Crippen LogP contribution in [0.2, 0.25) is 0 Å². The van der Waals surface area contributed by atoms with Gasteiger partial charge in [0.05, 0.1) is 0 Å². The molecule has 1 saturated heterocycles. The zero-order valence-electron chi connectivity index (χ0n) is 17.4. The van der Waals surface area contributed by atoms with Gasteiger partial charge in [0.15, 0.2) is 0 Å². The number of aliphatic hydroxyl groups excluding tert-OH is 1. The SMILES string of the molecule is CCC1CN2C=C(O)CCC2CN1C(=O)C1=C/C(C)(C)/C=C\C(C)(C)/C=C\1. The fourth-order valence-electron chi connectivity index (χ4n) is 4.14. The summed E-state index contributed by atoms with van der Waals surface area (Å²) < 4.78 is 0. The average molecular weight is 371 g/mol. The molecule has 3 rings (SSSR count). The molecule has 1 aliphatic carbocycles. The van der Waals surface area contributed by atoms with Gasteiger partial charge in [0.1, 0.15) is 5.76 Å². The highest BCUT2D eigenvalue weighted by Gasteiger charge is 2.37. The molecule has 27 heavy (non-hydrogen) atoms. The number of fused-ring (bicyclic) bond motifs is 1. The lowest BCUT2D eigenvalue weighted by molar-refractivity contribution is -0.133. The molecule has 2 aliphatic heterocycles. The molecule has 4 heteroatoms. The molecule has 0 spiro atoms. The first kappa shape index (κ1) is 19.8. The molecule has 2 atom stereocenters. The first-order valence-electron chi connectivity index (χ1n) is 10.2. The number of piperazine rings is 1. The second kappa shape index (κ2) is 7.21. The average Bonchev–Trinajstić information content (AvgIpc) is 2.61. The number of carbonyl (C=O) groups excluding carboxylic acids is 1. The molecule has 1 fully saturated rings. The summed E-state index contributed by atoms with van der Waals surface area (Å²) in [5.74, 6) is 0.595. The van der Waals surface area contributed by atoms with E-state index in [0.29, 0.717) is 18.2 Å². The van der Waals surface area contributed by atoms with Gasteiger partial charge >= 0.3 is 0 Å². The van der Waals surface area contributed by atoms with Crippen molar-refractivity contribution in [2.75, 3.05) is 13.1 Å². The van der Waals surface area contributed by atoms with E-state index in [1.807, 2.05) is 12.3 Å². The van der Waals surface area contributed by atoms with Crippen molar-refractivity contribution < 1.29 is 9.90 Å². The lowest BCUT2D eigenvalue weighted by Gasteiger charge is -2.47. The van der Waals surface area contributed by atoms with Gasteiger partial charge in [0.25, 0.3) is 5.91 Å². The normalized spacial score (nSPS) is 33.7. The van der Waals surface area contributed by atoms with Crippen molar-refractivity contribution in [3.05, 3.63) is 47.9 Å². The summed E-state index contributed by atoms with van der Waals surface area (Å²) in [6, 6.07) is 0.470. The van der Waals surface area contributed by atoms with Crippen molar-refractivity contribution in [1.82, 2.24) is 9.80 Å². The van der Waals surface area contributed by atoms with Crippen LogP contribution in [0.4, 0.5) is 0 Å². The fraction of sp³-hybridized carbons (Fsp3) is 0.609. The maximum Gasteiger partial charge on any atom is 0.253 e. The first-order chi connectivity index (χ1) is 12.6. The zero-order valence-corrected chi connectivity index (χ0v) is 17.4. The number of nitrogens with zero attached hydrogens (tertiary/aromatic N) is 2. The third-order valence-corrected chi connectivity index (χ3v) is 5.93. The Bertz CT molecular complexity index is 712. The topological polar surface area (TPSA) is 43.8 Å². The van der Waals surface area contributed by atoms with E-state index < -0.39 is 0 Å². The van der Waals surface area contributed by atoms with Crippen LogP contribution in [0, 0.1) is 10.8 Å². The predicted octanol–water partition coefficient (Wildman–Crippen LogP) is 4.58. The third-order valence-electron chi connectivity index (χ3n) is 5.93. The van der Waals surface area contributed by atoms with Crippen molar-refractivity contribution in [1.29, 1.82) is 0 Å². The largest absolute Gasteiger partial charge is 0.511 e. The van der Waals surface area contributed by atoms with Crippen LogP contribution in [0.5, 0.6) is 0 Å². The molecule has 3 aliphatic rings. The number of rotatable bonds is 2. The van der Waals surface area contributed by atoms with E-state index in [4.69, 9.17) is 0 Å². The molecule has 2 unspecified atom stereocenters. The monoisotopic (exact) mass is 370 g/mol. The number of hydrogen-bond acceptors (Lipinski definition) is 3. The van der Waals surface area contributed by atoms with Crippen LogP contribution < -0.4 is 0 Å². The molecule has 148 valence electrons. The van der Waals surface area contributed by atoms with Crippen molar-refractivity contribution in [2.24, 2.45) is 10.8 Å². The summed E-state index contributed by atoms with van der Waals surface area (Å²) in [6.45, 7) is 12.3. The maximum absolute atomic E-state index is 13.5. The molecule has 1 amide bonds. The Morgan fingerprint density at radius 2 is 1.85 bits per heavy atom. The smallest absolute Gasteiger partial charge is 0.253 e. The number of hydrogen-bond donors (Lipinski definition) is 1. The van der Waals surface area contributed by atoms with Crippen molar-refractivity contribution >= 4 is 5.91 Å². The van der Waals surface area contributed by atoms with Crippen LogP contribution in [0.25, 0.3) is 0 Å². The zero-order chi connectivity index (χ0) is 19.8. The summed E-state index contributed by atoms with van der Waals surface area (Å²) in [5, 5.41) is 9.86. The minimum atomic E-state index is -0.157. The lowest BCUT2D eigenvalue weighted by Crippen LogP contribution is -2.59. The van der Waals surface area contributed by atoms with Gasteiger partial charge < -0.3 is 14.9 Å². The minimum absolute atomic E-state index is 0.0639. The minimum Gasteiger partial charge on any atom is -0.511 e. The second-order valence-corrected chi connectivity index (χ2v) is 9.44. The van der Waals surface area contributed by atoms with Gasteiger partial charge in [-0.25, -0.2) is 0 Å². The van der Waals surface area contributed by atoms with Crippen LogP contribution in [-0.2, 0) is 4.79 Å². The third kappa shape index (κ3) is 4.48. The Morgan fingerprint density at radius 1 is 1.15 bits per heavy atom. The van der Waals surface area contributed by atoms with Gasteiger partial charge in [-0.05, 0) is 12.8 Å². The number of aliphatic hydroxyl groups is 1. The molecule has 0 aromatic rings. The Morgan fingerprint density at radius 3 is 2.56 bits per heavy atom. The lowest BCUT2D eigenvalue weighted by atomic mass is 9.81. The molecular weight excluding hydrogens is 336 g/mol. The van der Waals surface area contributed by atoms with Crippen molar-refractivity contribution in [3.63, 3.8) is 0 Å². The molecular formula is C23H34N2O2. The van der Waals surface area contributed by atoms with E-state index in [1.54, 1.807) is 0 Å². The highest BCUT2D eigenvalue weighted by Crippen LogP contribution is 2.32. The summed E-state index contributed by atoms with van der Waals surface area (Å²) in [5.41, 5.74) is 0.570. The van der Waals surface area contributed by atoms with Crippen LogP contribution in [-0.4, -0.2) is 46.0 Å². The summed E-state index contributed by atoms with van der Waals surface area (Å²) in [7, 11) is 0. The molecule has 0 bridgehead atoms. The van der Waals surface area contributed by atoms with E-state index in [9.17, 15) is 9.90 Å². The summed E-state index contributed by atoms with van der Waals surface area (Å²) >= 11 is 0. The highest BCUT2D eigenvalue weighted by molar-refractivity contribution is 5.96. The Hall–Kier alpha value is -1.97. The second-order valence-electron chi connectivity index (χ2n) is 9.44. The van der Waals surface area contributed by atoms with E-state index >= 15 is 0 Å². The van der Waals surface area contributed by atoms with Crippen LogP contribution in [0.3, 0.4) is 0 Å². The number of allylic oxidation sites excluding steroid dienone is 5. The van der Waals surface area contributed by atoms with Crippen LogP contribution in [0.1, 0.15) is 53.9 Å². The molecule has 1 N–H and O–H groups in total. The molecule has 2 heterocycles. The first-order valence-corrected chi connectivity index (χ1v) is 10.2. The standard InChI is InChI=1S/C23H34N2O2/c1-6-18-14-24-16-20(26)8-7-19(24)15-25(18)21(27)17-9-10-22(2,3)11-12-23(4,5)13-17/h9-13,16,18-19,26H,6-8,14-15H2,1-5H3/b10-9-,12-11-,17-13+. The van der Waals surface area contributed by atoms with E-state index in [1.165, 1.54) is 0 Å². The van der Waals surface area contributed by atoms with Crippen molar-refractivity contribution in [3.8, 4) is 0 Å². The Kier molecular flexibility index (Phi) is 5.29. The van der Waals surface area contributed by atoms with Crippen LogP contribution >= 0.6 is 0 Å². The molecule has 0 saturated carbocycles. The van der Waals surface area contributed by atoms with E-state index in [-0.39, 0.29) is 22.8 Å². The Balaban J connectivity index is 1.88. The maximum atomic E-state index is 13.5. The molecule has 0 radical (unpaired) electrons. The van der Waals surface area contributed by atoms with Gasteiger partial charge in [-0.15, -0.1) is 0 Å². The molecule has 0 aromatic heterocycles. The number of carbonyl (C=O) groups is 1. The van der Waals surface area contributed by atoms with Gasteiger partial charge in [-0.1, -0.05) is 65.0 Å². The van der Waals surface area contributed by atoms with E-state index in [0.717, 1.165) is 31.5 Å². The van der Waals surface area contributed by atoms with Gasteiger partial charge in [-0.3, -0.25) is 4.79 Å². The number of amides is 1. The molecule has 4 nitrogen and oxygen atoms in total. The Labute approximate surface area is 163 Å². The highest BCUT2D eigenvalue weighted by atomic mass is 16.3. The van der Waals surface area contributed by atoms with Gasteiger partial charge in [0.2, 0.25) is 0 Å². The van der Waals surface area contributed by atoms with E-state index in [2.05, 4.69) is 68.7 Å². The predicted molar refractivity (Wildman–Crippen MR) is 110 cm³/mol. The summed E-state index contributed by atoms with van der Waals surface area (Å²) in [4.78, 5) is 17.8. The fourth-order valence-corrected chi connectivity index (χ4v) is 4.14. The van der Waals surface area contributed by atoms with Crippen LogP contribution in [0.15, 0.2) is 47.9 Å². The van der Waals surface area contributed by atoms with Crippen molar-refractivity contribution in [2.45, 2.75) is 66.0 Å². The quantitative estimate of drug-likeness (QED) is 0.724. The molecule has 0 aromatic carbocycles.